The summed E-state index contributed by atoms with van der Waals surface area (Å²) < 4.78 is 0. The lowest BCUT2D eigenvalue weighted by Gasteiger charge is -2.44. The second kappa shape index (κ2) is 3.33. The molecule has 1 aliphatic rings. The number of likely N-dealkylation sites (tertiary alicyclic amines) is 1. The number of hydrogen-bond acceptors (Lipinski definition) is 3. The molecule has 14 heavy (non-hydrogen) atoms. The maximum Gasteiger partial charge on any atom is 0.0872 e. The Labute approximate surface area is 84.4 Å². The highest BCUT2D eigenvalue weighted by atomic mass is 16.3. The van der Waals surface area contributed by atoms with Crippen LogP contribution in [0.4, 0.5) is 0 Å². The van der Waals surface area contributed by atoms with Crippen molar-refractivity contribution in [1.29, 1.82) is 0 Å². The summed E-state index contributed by atoms with van der Waals surface area (Å²) in [6.45, 7) is 6.34. The molecule has 0 spiro atoms. The number of rotatable bonds is 2. The maximum absolute atomic E-state index is 9.56. The van der Waals surface area contributed by atoms with Gasteiger partial charge in [0.25, 0.3) is 0 Å². The largest absolute Gasteiger partial charge is 0.388 e. The lowest BCUT2D eigenvalue weighted by Crippen LogP contribution is -2.59. The standard InChI is InChI=1S/C11H16N2O/c1-9-3-10(5-12-4-9)6-13-7-11(2,14)8-13/h3-5,14H,6-8H2,1-2H3. The highest BCUT2D eigenvalue weighted by Crippen LogP contribution is 2.21. The molecule has 1 aromatic rings. The quantitative estimate of drug-likeness (QED) is 0.758. The zero-order valence-electron chi connectivity index (χ0n) is 8.70. The summed E-state index contributed by atoms with van der Waals surface area (Å²) in [5.74, 6) is 0. The summed E-state index contributed by atoms with van der Waals surface area (Å²) in [6.07, 6.45) is 3.75. The first-order valence-corrected chi connectivity index (χ1v) is 4.90. The van der Waals surface area contributed by atoms with Crippen LogP contribution < -0.4 is 0 Å². The van der Waals surface area contributed by atoms with E-state index in [1.165, 1.54) is 11.1 Å². The zero-order valence-corrected chi connectivity index (χ0v) is 8.70. The predicted molar refractivity (Wildman–Crippen MR) is 54.9 cm³/mol. The maximum atomic E-state index is 9.56. The van der Waals surface area contributed by atoms with E-state index in [1.54, 1.807) is 0 Å². The molecule has 2 rings (SSSR count). The molecule has 0 aliphatic carbocycles. The first kappa shape index (κ1) is 9.62. The molecule has 3 heteroatoms. The van der Waals surface area contributed by atoms with Crippen LogP contribution in [-0.4, -0.2) is 33.7 Å². The Balaban J connectivity index is 1.93. The predicted octanol–water partition coefficient (Wildman–Crippen LogP) is 0.957. The molecule has 1 fully saturated rings. The SMILES string of the molecule is Cc1cncc(CN2CC(C)(O)C2)c1. The molecule has 0 unspecified atom stereocenters. The molecular weight excluding hydrogens is 176 g/mol. The molecule has 76 valence electrons. The normalized spacial score (nSPS) is 20.5. The number of pyridine rings is 1. The van der Waals surface area contributed by atoms with E-state index in [0.29, 0.717) is 0 Å². The highest BCUT2D eigenvalue weighted by molar-refractivity contribution is 5.17. The molecule has 0 atom stereocenters. The van der Waals surface area contributed by atoms with E-state index < -0.39 is 5.60 Å². The molecule has 1 aliphatic heterocycles. The molecule has 2 heterocycles. The fourth-order valence-electron chi connectivity index (χ4n) is 1.99. The number of nitrogens with zero attached hydrogens (tertiary/aromatic N) is 2. The van der Waals surface area contributed by atoms with Crippen LogP contribution in [0.1, 0.15) is 18.1 Å². The molecular formula is C11H16N2O. The first-order chi connectivity index (χ1) is 6.55. The lowest BCUT2D eigenvalue weighted by molar-refractivity contribution is -0.0871. The molecule has 1 aromatic heterocycles. The third-order valence-corrected chi connectivity index (χ3v) is 2.47. The summed E-state index contributed by atoms with van der Waals surface area (Å²) in [5.41, 5.74) is 1.94. The summed E-state index contributed by atoms with van der Waals surface area (Å²) in [5, 5.41) is 9.56. The molecule has 0 bridgehead atoms. The van der Waals surface area contributed by atoms with Gasteiger partial charge in [0, 0.05) is 32.0 Å². The second-order valence-corrected chi connectivity index (χ2v) is 4.51. The van der Waals surface area contributed by atoms with Crippen molar-refractivity contribution in [3.05, 3.63) is 29.6 Å². The fraction of sp³-hybridized carbons (Fsp3) is 0.545. The van der Waals surface area contributed by atoms with Gasteiger partial charge in [0.15, 0.2) is 0 Å². The Bertz CT molecular complexity index is 328. The summed E-state index contributed by atoms with van der Waals surface area (Å²) in [6, 6.07) is 2.14. The zero-order chi connectivity index (χ0) is 10.2. The van der Waals surface area contributed by atoms with Crippen LogP contribution in [0.3, 0.4) is 0 Å². The monoisotopic (exact) mass is 192 g/mol. The lowest BCUT2D eigenvalue weighted by atomic mass is 9.96. The van der Waals surface area contributed by atoms with Gasteiger partial charge in [-0.3, -0.25) is 9.88 Å². The Morgan fingerprint density at radius 2 is 2.21 bits per heavy atom. The molecule has 0 amide bonds. The van der Waals surface area contributed by atoms with Crippen molar-refractivity contribution in [3.63, 3.8) is 0 Å². The minimum atomic E-state index is -0.475. The Morgan fingerprint density at radius 1 is 1.50 bits per heavy atom. The van der Waals surface area contributed by atoms with Gasteiger partial charge in [0.1, 0.15) is 0 Å². The van der Waals surface area contributed by atoms with Gasteiger partial charge in [0.2, 0.25) is 0 Å². The summed E-state index contributed by atoms with van der Waals surface area (Å²) in [4.78, 5) is 6.36. The molecule has 1 saturated heterocycles. The molecule has 0 saturated carbocycles. The van der Waals surface area contributed by atoms with Crippen molar-refractivity contribution in [3.8, 4) is 0 Å². The van der Waals surface area contributed by atoms with Crippen molar-refractivity contribution in [2.75, 3.05) is 13.1 Å². The minimum absolute atomic E-state index is 0.475. The van der Waals surface area contributed by atoms with Crippen molar-refractivity contribution in [1.82, 2.24) is 9.88 Å². The van der Waals surface area contributed by atoms with Crippen molar-refractivity contribution >= 4 is 0 Å². The van der Waals surface area contributed by atoms with Gasteiger partial charge in [-0.1, -0.05) is 6.07 Å². The third kappa shape index (κ3) is 2.11. The van der Waals surface area contributed by atoms with Crippen molar-refractivity contribution in [2.45, 2.75) is 26.0 Å². The Morgan fingerprint density at radius 3 is 2.79 bits per heavy atom. The van der Waals surface area contributed by atoms with Crippen LogP contribution in [0, 0.1) is 6.92 Å². The van der Waals surface area contributed by atoms with Crippen LogP contribution >= 0.6 is 0 Å². The van der Waals surface area contributed by atoms with Crippen LogP contribution in [0.2, 0.25) is 0 Å². The van der Waals surface area contributed by atoms with E-state index in [2.05, 4.69) is 16.0 Å². The van der Waals surface area contributed by atoms with Gasteiger partial charge < -0.3 is 5.11 Å². The molecule has 3 nitrogen and oxygen atoms in total. The minimum Gasteiger partial charge on any atom is -0.388 e. The molecule has 1 N–H and O–H groups in total. The number of aryl methyl sites for hydroxylation is 1. The van der Waals surface area contributed by atoms with Gasteiger partial charge >= 0.3 is 0 Å². The van der Waals surface area contributed by atoms with E-state index in [1.807, 2.05) is 26.2 Å². The summed E-state index contributed by atoms with van der Waals surface area (Å²) >= 11 is 0. The fourth-order valence-corrected chi connectivity index (χ4v) is 1.99. The third-order valence-electron chi connectivity index (χ3n) is 2.47. The Hall–Kier alpha value is -0.930. The van der Waals surface area contributed by atoms with Crippen LogP contribution in [0.5, 0.6) is 0 Å². The average molecular weight is 192 g/mol. The van der Waals surface area contributed by atoms with Crippen molar-refractivity contribution < 1.29 is 5.11 Å². The summed E-state index contributed by atoms with van der Waals surface area (Å²) in [7, 11) is 0. The van der Waals surface area contributed by atoms with Gasteiger partial charge in [-0.25, -0.2) is 0 Å². The number of aliphatic hydroxyl groups is 1. The van der Waals surface area contributed by atoms with Gasteiger partial charge in [-0.15, -0.1) is 0 Å². The molecule has 0 aromatic carbocycles. The average Bonchev–Trinajstić information content (AvgIpc) is 2.00. The van der Waals surface area contributed by atoms with Gasteiger partial charge in [-0.2, -0.15) is 0 Å². The van der Waals surface area contributed by atoms with E-state index >= 15 is 0 Å². The van der Waals surface area contributed by atoms with Gasteiger partial charge in [0.05, 0.1) is 5.60 Å². The second-order valence-electron chi connectivity index (χ2n) is 4.51. The van der Waals surface area contributed by atoms with Crippen LogP contribution in [0.15, 0.2) is 18.5 Å². The van der Waals surface area contributed by atoms with E-state index in [9.17, 15) is 5.11 Å². The van der Waals surface area contributed by atoms with E-state index in [-0.39, 0.29) is 0 Å². The first-order valence-electron chi connectivity index (χ1n) is 4.90. The van der Waals surface area contributed by atoms with Crippen LogP contribution in [0.25, 0.3) is 0 Å². The van der Waals surface area contributed by atoms with Crippen molar-refractivity contribution in [2.24, 2.45) is 0 Å². The van der Waals surface area contributed by atoms with E-state index in [4.69, 9.17) is 0 Å². The van der Waals surface area contributed by atoms with Gasteiger partial charge in [-0.05, 0) is 25.0 Å². The number of hydrogen-bond donors (Lipinski definition) is 1. The smallest absolute Gasteiger partial charge is 0.0872 e. The number of aromatic nitrogens is 1. The topological polar surface area (TPSA) is 36.4 Å². The molecule has 0 radical (unpaired) electrons. The Kier molecular flexibility index (Phi) is 2.29. The van der Waals surface area contributed by atoms with E-state index in [0.717, 1.165) is 19.6 Å². The number of β-amino-alcohol motifs (C(OH)–C–C–N with tert-alkyl or cyclic N) is 1. The highest BCUT2D eigenvalue weighted by Gasteiger charge is 2.35. The van der Waals surface area contributed by atoms with Crippen LogP contribution in [-0.2, 0) is 6.54 Å².